The van der Waals surface area contributed by atoms with E-state index in [1.807, 2.05) is 17.5 Å². The third kappa shape index (κ3) is 3.02. The number of likely N-dealkylation sites (N-methyl/N-ethyl adjacent to an activating group) is 1. The highest BCUT2D eigenvalue weighted by atomic mass is 32.1. The van der Waals surface area contributed by atoms with Crippen LogP contribution in [0.25, 0.3) is 10.7 Å². The zero-order chi connectivity index (χ0) is 14.8. The molecule has 108 valence electrons. The molecule has 0 radical (unpaired) electrons. The summed E-state index contributed by atoms with van der Waals surface area (Å²) in [6, 6.07) is 3.80. The second-order valence-corrected chi connectivity index (χ2v) is 5.99. The number of amides is 1. The fourth-order valence-corrected chi connectivity index (χ4v) is 2.13. The number of rotatable bonds is 5. The average Bonchev–Trinajstić information content (AvgIpc) is 3.07. The molecule has 7 nitrogen and oxygen atoms in total. The van der Waals surface area contributed by atoms with Gasteiger partial charge < -0.3 is 10.0 Å². The lowest BCUT2D eigenvalue weighted by molar-refractivity contribution is -0.137. The summed E-state index contributed by atoms with van der Waals surface area (Å²) in [5.74, 6) is 0.330. The molecule has 0 atom stereocenters. The maximum atomic E-state index is 12.1. The smallest absolute Gasteiger partial charge is 0.246 e. The Kier molecular flexibility index (Phi) is 4.15. The van der Waals surface area contributed by atoms with E-state index in [9.17, 15) is 9.90 Å². The molecule has 1 amide bonds. The van der Waals surface area contributed by atoms with Crippen LogP contribution in [0.4, 0.5) is 0 Å². The molecule has 1 N–H and O–H groups in total. The van der Waals surface area contributed by atoms with E-state index in [0.29, 0.717) is 5.82 Å². The molecule has 8 heteroatoms. The average molecular weight is 295 g/mol. The number of hydrogen-bond acceptors (Lipinski definition) is 6. The highest BCUT2D eigenvalue weighted by Crippen LogP contribution is 2.19. The van der Waals surface area contributed by atoms with Gasteiger partial charge in [0.25, 0.3) is 0 Å². The summed E-state index contributed by atoms with van der Waals surface area (Å²) in [5, 5.41) is 23.2. The summed E-state index contributed by atoms with van der Waals surface area (Å²) in [6.45, 7) is 3.46. The molecule has 0 aliphatic heterocycles. The van der Waals surface area contributed by atoms with Gasteiger partial charge in [-0.1, -0.05) is 6.07 Å². The first kappa shape index (κ1) is 14.6. The van der Waals surface area contributed by atoms with Gasteiger partial charge >= 0.3 is 0 Å². The summed E-state index contributed by atoms with van der Waals surface area (Å²) in [4.78, 5) is 15.8. The highest BCUT2D eigenvalue weighted by Gasteiger charge is 2.27. The van der Waals surface area contributed by atoms with Gasteiger partial charge in [-0.25, -0.2) is 0 Å². The van der Waals surface area contributed by atoms with E-state index in [2.05, 4.69) is 15.4 Å². The Hall–Kier alpha value is -1.80. The van der Waals surface area contributed by atoms with E-state index in [1.165, 1.54) is 21.0 Å². The first-order chi connectivity index (χ1) is 9.44. The minimum Gasteiger partial charge on any atom is -0.394 e. The van der Waals surface area contributed by atoms with Crippen LogP contribution in [-0.2, 0) is 11.3 Å². The molecule has 0 spiro atoms. The van der Waals surface area contributed by atoms with E-state index >= 15 is 0 Å². The van der Waals surface area contributed by atoms with Crippen LogP contribution in [0.15, 0.2) is 17.5 Å². The Balaban J connectivity index is 2.06. The van der Waals surface area contributed by atoms with Gasteiger partial charge in [-0.3, -0.25) is 4.79 Å². The molecule has 0 aliphatic rings. The van der Waals surface area contributed by atoms with E-state index in [-0.39, 0.29) is 19.1 Å². The van der Waals surface area contributed by atoms with Crippen molar-refractivity contribution < 1.29 is 9.90 Å². The second kappa shape index (κ2) is 5.68. The van der Waals surface area contributed by atoms with Gasteiger partial charge in [0.15, 0.2) is 0 Å². The number of tetrazole rings is 1. The zero-order valence-electron chi connectivity index (χ0n) is 11.6. The molecule has 20 heavy (non-hydrogen) atoms. The summed E-state index contributed by atoms with van der Waals surface area (Å²) in [7, 11) is 1.65. The molecule has 0 bridgehead atoms. The third-order valence-electron chi connectivity index (χ3n) is 3.14. The number of nitrogens with zero attached hydrogens (tertiary/aromatic N) is 5. The molecule has 2 rings (SSSR count). The maximum absolute atomic E-state index is 12.1. The molecule has 2 aromatic rings. The van der Waals surface area contributed by atoms with Gasteiger partial charge in [0, 0.05) is 7.05 Å². The summed E-state index contributed by atoms with van der Waals surface area (Å²) in [5.41, 5.74) is -0.617. The van der Waals surface area contributed by atoms with Crippen molar-refractivity contribution in [3.63, 3.8) is 0 Å². The van der Waals surface area contributed by atoms with E-state index in [1.54, 1.807) is 20.9 Å². The van der Waals surface area contributed by atoms with Crippen LogP contribution in [0.3, 0.4) is 0 Å². The Morgan fingerprint density at radius 1 is 1.55 bits per heavy atom. The Labute approximate surface area is 120 Å². The van der Waals surface area contributed by atoms with Gasteiger partial charge in [-0.15, -0.1) is 21.5 Å². The van der Waals surface area contributed by atoms with Gasteiger partial charge in [0.2, 0.25) is 11.7 Å². The number of carbonyl (C=O) groups is 1. The van der Waals surface area contributed by atoms with Crippen LogP contribution in [0, 0.1) is 0 Å². The van der Waals surface area contributed by atoms with Crippen LogP contribution >= 0.6 is 11.3 Å². The number of aliphatic hydroxyl groups is 1. The number of hydrogen-bond donors (Lipinski definition) is 1. The fraction of sp³-hybridized carbons (Fsp3) is 0.500. The second-order valence-electron chi connectivity index (χ2n) is 5.04. The lowest BCUT2D eigenvalue weighted by atomic mass is 10.1. The van der Waals surface area contributed by atoms with Crippen molar-refractivity contribution in [2.24, 2.45) is 0 Å². The molecular weight excluding hydrogens is 278 g/mol. The van der Waals surface area contributed by atoms with Gasteiger partial charge in [-0.2, -0.15) is 4.80 Å². The van der Waals surface area contributed by atoms with Crippen LogP contribution in [0.2, 0.25) is 0 Å². The SMILES string of the molecule is CN(C(=O)Cn1nnc(-c2cccs2)n1)C(C)(C)CO. The van der Waals surface area contributed by atoms with Crippen molar-refractivity contribution in [1.29, 1.82) is 0 Å². The van der Waals surface area contributed by atoms with Crippen molar-refractivity contribution in [1.82, 2.24) is 25.1 Å². The summed E-state index contributed by atoms with van der Waals surface area (Å²) >= 11 is 1.52. The number of thiophene rings is 1. The maximum Gasteiger partial charge on any atom is 0.246 e. The highest BCUT2D eigenvalue weighted by molar-refractivity contribution is 7.13. The molecule has 2 aromatic heterocycles. The van der Waals surface area contributed by atoms with Crippen molar-refractivity contribution in [2.45, 2.75) is 25.9 Å². The van der Waals surface area contributed by atoms with E-state index in [0.717, 1.165) is 4.88 Å². The Morgan fingerprint density at radius 3 is 2.90 bits per heavy atom. The lowest BCUT2D eigenvalue weighted by Gasteiger charge is -2.33. The number of carbonyl (C=O) groups excluding carboxylic acids is 1. The topological polar surface area (TPSA) is 84.1 Å². The Bertz CT molecular complexity index is 578. The quantitative estimate of drug-likeness (QED) is 0.874. The predicted octanol–water partition coefficient (Wildman–Crippen LogP) is 0.631. The van der Waals surface area contributed by atoms with Crippen LogP contribution < -0.4 is 0 Å². The molecule has 0 unspecified atom stereocenters. The van der Waals surface area contributed by atoms with Crippen LogP contribution in [0.5, 0.6) is 0 Å². The Morgan fingerprint density at radius 2 is 2.30 bits per heavy atom. The van der Waals surface area contributed by atoms with Crippen molar-refractivity contribution in [3.8, 4) is 10.7 Å². The molecule has 2 heterocycles. The van der Waals surface area contributed by atoms with E-state index in [4.69, 9.17) is 0 Å². The van der Waals surface area contributed by atoms with Gasteiger partial charge in [0.05, 0.1) is 17.0 Å². The molecular formula is C12H17N5O2S. The summed E-state index contributed by atoms with van der Waals surface area (Å²) < 4.78 is 0. The zero-order valence-corrected chi connectivity index (χ0v) is 12.5. The van der Waals surface area contributed by atoms with Crippen LogP contribution in [-0.4, -0.2) is 55.3 Å². The standard InChI is InChI=1S/C12H17N5O2S/c1-12(2,8-18)16(3)10(19)7-17-14-11(13-15-17)9-5-4-6-20-9/h4-6,18H,7-8H2,1-3H3. The van der Waals surface area contributed by atoms with E-state index < -0.39 is 5.54 Å². The van der Waals surface area contributed by atoms with Crippen molar-refractivity contribution >= 4 is 17.2 Å². The van der Waals surface area contributed by atoms with Crippen molar-refractivity contribution in [2.75, 3.05) is 13.7 Å². The monoisotopic (exact) mass is 295 g/mol. The molecule has 0 aliphatic carbocycles. The normalized spacial score (nSPS) is 11.6. The molecule has 0 fully saturated rings. The van der Waals surface area contributed by atoms with Gasteiger partial charge in [0.1, 0.15) is 6.54 Å². The van der Waals surface area contributed by atoms with Gasteiger partial charge in [-0.05, 0) is 30.5 Å². The van der Waals surface area contributed by atoms with Crippen molar-refractivity contribution in [3.05, 3.63) is 17.5 Å². The lowest BCUT2D eigenvalue weighted by Crippen LogP contribution is -2.48. The molecule has 0 saturated heterocycles. The first-order valence-corrected chi connectivity index (χ1v) is 7.01. The molecule has 0 saturated carbocycles. The number of aliphatic hydroxyl groups excluding tert-OH is 1. The molecule has 0 aromatic carbocycles. The predicted molar refractivity (Wildman–Crippen MR) is 75.1 cm³/mol. The third-order valence-corrected chi connectivity index (χ3v) is 4.01. The minimum atomic E-state index is -0.617. The fourth-order valence-electron chi connectivity index (χ4n) is 1.49. The largest absolute Gasteiger partial charge is 0.394 e. The minimum absolute atomic E-state index is 0.00168. The number of aromatic nitrogens is 4. The van der Waals surface area contributed by atoms with Crippen LogP contribution in [0.1, 0.15) is 13.8 Å². The summed E-state index contributed by atoms with van der Waals surface area (Å²) in [6.07, 6.45) is 0. The first-order valence-electron chi connectivity index (χ1n) is 6.13.